The molecular formula is C21H28N4O2S. The van der Waals surface area contributed by atoms with Gasteiger partial charge in [0.05, 0.1) is 4.90 Å². The second kappa shape index (κ2) is 7.46. The van der Waals surface area contributed by atoms with E-state index in [1.807, 2.05) is 13.8 Å². The topological polar surface area (TPSA) is 101 Å². The lowest BCUT2D eigenvalue weighted by Crippen LogP contribution is -2.24. The van der Waals surface area contributed by atoms with Crippen molar-refractivity contribution in [1.82, 2.24) is 4.98 Å². The summed E-state index contributed by atoms with van der Waals surface area (Å²) in [5.41, 5.74) is 7.12. The van der Waals surface area contributed by atoms with Crippen molar-refractivity contribution in [3.8, 4) is 0 Å². The molecule has 0 amide bonds. The molecule has 1 aromatic carbocycles. The van der Waals surface area contributed by atoms with Crippen LogP contribution in [0.4, 0.5) is 5.69 Å². The smallest absolute Gasteiger partial charge is 0.233 e. The van der Waals surface area contributed by atoms with Gasteiger partial charge in [0.15, 0.2) is 0 Å². The van der Waals surface area contributed by atoms with E-state index in [2.05, 4.69) is 20.7 Å². The predicted molar refractivity (Wildman–Crippen MR) is 111 cm³/mol. The minimum Gasteiger partial charge on any atom is -0.355 e. The summed E-state index contributed by atoms with van der Waals surface area (Å²) in [5, 5.41) is 19.6. The molecule has 2 unspecified atom stereocenters. The molecule has 2 atom stereocenters. The zero-order chi connectivity index (χ0) is 19.9. The highest BCUT2D eigenvalue weighted by atomic mass is 32.2. The largest absolute Gasteiger partial charge is 0.355 e. The average Bonchev–Trinajstić information content (AvgIpc) is 3.30. The third-order valence-electron chi connectivity index (χ3n) is 5.69. The minimum absolute atomic E-state index is 0.273. The van der Waals surface area contributed by atoms with E-state index in [1.54, 1.807) is 12.1 Å². The number of aliphatic hydroxyl groups is 1. The Morgan fingerprint density at radius 3 is 2.32 bits per heavy atom. The number of aliphatic hydroxyl groups excluding tert-OH is 1. The van der Waals surface area contributed by atoms with Crippen molar-refractivity contribution in [2.24, 2.45) is 9.50 Å². The summed E-state index contributed by atoms with van der Waals surface area (Å²) in [7, 11) is -3.25. The van der Waals surface area contributed by atoms with Crippen LogP contribution in [-0.2, 0) is 35.6 Å². The molecule has 1 heterocycles. The maximum atomic E-state index is 12.9. The Kier molecular flexibility index (Phi) is 5.16. The molecule has 2 aliphatic carbocycles. The molecule has 4 rings (SSSR count). The van der Waals surface area contributed by atoms with E-state index in [9.17, 15) is 9.32 Å². The molecular weight excluding hydrogens is 372 g/mol. The van der Waals surface area contributed by atoms with Gasteiger partial charge in [0.1, 0.15) is 9.92 Å². The average molecular weight is 401 g/mol. The maximum Gasteiger partial charge on any atom is 0.233 e. The molecule has 1 aromatic heterocycles. The first-order chi connectivity index (χ1) is 13.3. The molecule has 0 spiro atoms. The number of benzene rings is 1. The van der Waals surface area contributed by atoms with Crippen LogP contribution in [0.5, 0.6) is 0 Å². The van der Waals surface area contributed by atoms with Crippen LogP contribution in [0.25, 0.3) is 0 Å². The third kappa shape index (κ3) is 3.66. The maximum absolute atomic E-state index is 12.9. The Balaban J connectivity index is 1.62. The number of aromatic nitrogens is 1. The fourth-order valence-corrected chi connectivity index (χ4v) is 5.20. The van der Waals surface area contributed by atoms with Crippen molar-refractivity contribution in [2.75, 3.05) is 5.32 Å². The summed E-state index contributed by atoms with van der Waals surface area (Å²) >= 11 is 0. The van der Waals surface area contributed by atoms with Gasteiger partial charge in [0, 0.05) is 17.6 Å². The van der Waals surface area contributed by atoms with Crippen molar-refractivity contribution >= 4 is 15.6 Å². The summed E-state index contributed by atoms with van der Waals surface area (Å²) in [5.74, 6) is 0.273. The Bertz CT molecular complexity index is 976. The number of anilines is 1. The molecule has 7 heteroatoms. The van der Waals surface area contributed by atoms with Crippen LogP contribution in [0.2, 0.25) is 0 Å². The molecule has 0 fully saturated rings. The Morgan fingerprint density at radius 1 is 1.14 bits per heavy atom. The molecule has 2 aromatic rings. The monoisotopic (exact) mass is 400 g/mol. The van der Waals surface area contributed by atoms with Crippen LogP contribution in [0.1, 0.15) is 60.6 Å². The van der Waals surface area contributed by atoms with Gasteiger partial charge < -0.3 is 10.4 Å². The number of rotatable bonds is 5. The highest BCUT2D eigenvalue weighted by molar-refractivity contribution is 7.91. The molecule has 28 heavy (non-hydrogen) atoms. The SMILES string of the molecule is CC(C)c1ccc(S(N)(=O)=NC(O)Nc2c3c(cc4c2CCC4)CCC3)cn1. The van der Waals surface area contributed by atoms with Gasteiger partial charge in [-0.3, -0.25) is 4.98 Å². The predicted octanol–water partition coefficient (Wildman–Crippen LogP) is 3.27. The number of hydrogen-bond donors (Lipinski definition) is 3. The lowest BCUT2D eigenvalue weighted by Gasteiger charge is -2.19. The summed E-state index contributed by atoms with van der Waals surface area (Å²) in [4.78, 5) is 4.63. The van der Waals surface area contributed by atoms with Crippen molar-refractivity contribution < 1.29 is 9.32 Å². The zero-order valence-corrected chi connectivity index (χ0v) is 17.3. The normalized spacial score (nSPS) is 18.5. The Morgan fingerprint density at radius 2 is 1.79 bits per heavy atom. The first-order valence-electron chi connectivity index (χ1n) is 9.96. The first kappa shape index (κ1) is 19.4. The van der Waals surface area contributed by atoms with Gasteiger partial charge in [-0.2, -0.15) is 4.36 Å². The van der Waals surface area contributed by atoms with Gasteiger partial charge in [0.2, 0.25) is 6.35 Å². The number of hydrogen-bond acceptors (Lipinski definition) is 5. The Hall–Kier alpha value is -1.96. The van der Waals surface area contributed by atoms with Crippen LogP contribution >= 0.6 is 0 Å². The number of aryl methyl sites for hydroxylation is 2. The lowest BCUT2D eigenvalue weighted by atomic mass is 9.99. The van der Waals surface area contributed by atoms with E-state index >= 15 is 0 Å². The number of fused-ring (bicyclic) bond motifs is 2. The second-order valence-electron chi connectivity index (χ2n) is 8.00. The van der Waals surface area contributed by atoms with E-state index in [-0.39, 0.29) is 5.92 Å². The zero-order valence-electron chi connectivity index (χ0n) is 16.4. The summed E-state index contributed by atoms with van der Waals surface area (Å²) in [6.45, 7) is 4.08. The van der Waals surface area contributed by atoms with Crippen LogP contribution < -0.4 is 10.5 Å². The molecule has 2 aliphatic rings. The van der Waals surface area contributed by atoms with Crippen molar-refractivity contribution in [1.29, 1.82) is 0 Å². The quantitative estimate of drug-likeness (QED) is 0.671. The first-order valence-corrected chi connectivity index (χ1v) is 11.5. The van der Waals surface area contributed by atoms with E-state index in [0.717, 1.165) is 49.9 Å². The van der Waals surface area contributed by atoms with Gasteiger partial charge in [0.25, 0.3) is 0 Å². The van der Waals surface area contributed by atoms with Crippen molar-refractivity contribution in [3.05, 3.63) is 52.3 Å². The van der Waals surface area contributed by atoms with Crippen LogP contribution in [-0.4, -0.2) is 20.7 Å². The van der Waals surface area contributed by atoms with Gasteiger partial charge in [-0.25, -0.2) is 9.35 Å². The summed E-state index contributed by atoms with van der Waals surface area (Å²) in [6, 6.07) is 5.81. The van der Waals surface area contributed by atoms with Gasteiger partial charge in [-0.1, -0.05) is 19.9 Å². The van der Waals surface area contributed by atoms with Gasteiger partial charge in [-0.05, 0) is 78.8 Å². The summed E-state index contributed by atoms with van der Waals surface area (Å²) < 4.78 is 16.9. The molecule has 0 radical (unpaired) electrons. The molecule has 6 nitrogen and oxygen atoms in total. The van der Waals surface area contributed by atoms with Gasteiger partial charge >= 0.3 is 0 Å². The van der Waals surface area contributed by atoms with E-state index in [4.69, 9.17) is 5.14 Å². The molecule has 0 bridgehead atoms. The molecule has 0 saturated carbocycles. The Labute approximate surface area is 166 Å². The number of pyridine rings is 1. The van der Waals surface area contributed by atoms with Crippen molar-refractivity contribution in [3.63, 3.8) is 0 Å². The minimum atomic E-state index is -3.25. The van der Waals surface area contributed by atoms with Crippen LogP contribution in [0, 0.1) is 0 Å². The van der Waals surface area contributed by atoms with Crippen molar-refractivity contribution in [2.45, 2.75) is 69.5 Å². The van der Waals surface area contributed by atoms with E-state index in [0.29, 0.717) is 4.90 Å². The second-order valence-corrected chi connectivity index (χ2v) is 9.82. The van der Waals surface area contributed by atoms with Crippen LogP contribution in [0.3, 0.4) is 0 Å². The lowest BCUT2D eigenvalue weighted by molar-refractivity contribution is 0.216. The molecule has 150 valence electrons. The number of nitrogens with two attached hydrogens (primary N) is 1. The van der Waals surface area contributed by atoms with E-state index < -0.39 is 16.3 Å². The van der Waals surface area contributed by atoms with Crippen LogP contribution in [0.15, 0.2) is 33.7 Å². The summed E-state index contributed by atoms with van der Waals surface area (Å²) in [6.07, 6.45) is 6.55. The third-order valence-corrected chi connectivity index (χ3v) is 7.12. The highest BCUT2D eigenvalue weighted by Crippen LogP contribution is 2.38. The van der Waals surface area contributed by atoms with E-state index in [1.165, 1.54) is 28.5 Å². The number of nitrogens with one attached hydrogen (secondary N) is 1. The molecule has 4 N–H and O–H groups in total. The fourth-order valence-electron chi connectivity index (χ4n) is 4.26. The molecule has 0 saturated heterocycles. The van der Waals surface area contributed by atoms with Gasteiger partial charge in [-0.15, -0.1) is 0 Å². The highest BCUT2D eigenvalue weighted by Gasteiger charge is 2.25. The fraction of sp³-hybridized carbons (Fsp3) is 0.476. The number of nitrogens with zero attached hydrogens (tertiary/aromatic N) is 2. The molecule has 0 aliphatic heterocycles. The standard InChI is InChI=1S/C21H28N4O2S/c1-13(2)19-10-9-16(12-23-19)28(22,27)25-21(26)24-20-17-7-3-5-14(17)11-15-6-4-8-18(15)20/h9-13,21,24,26H,3-8H2,1-2H3,(H2,22,25,27).